The van der Waals surface area contributed by atoms with Crippen molar-refractivity contribution in [1.82, 2.24) is 25.1 Å². The highest BCUT2D eigenvalue weighted by atomic mass is 15.3. The molecular weight excluding hydrogens is 226 g/mol. The highest BCUT2D eigenvalue weighted by Crippen LogP contribution is 2.15. The van der Waals surface area contributed by atoms with Crippen LogP contribution in [0.2, 0.25) is 0 Å². The number of hydrogen-bond acceptors (Lipinski definition) is 4. The zero-order valence-electron chi connectivity index (χ0n) is 10.9. The first-order valence-electron chi connectivity index (χ1n) is 6.34. The van der Waals surface area contributed by atoms with E-state index in [1.54, 1.807) is 12.4 Å². The highest BCUT2D eigenvalue weighted by Gasteiger charge is 2.13. The molecule has 1 N–H and O–H groups in total. The lowest BCUT2D eigenvalue weighted by atomic mass is 10.1. The Morgan fingerprint density at radius 1 is 1.28 bits per heavy atom. The zero-order valence-corrected chi connectivity index (χ0v) is 10.9. The normalized spacial score (nSPS) is 12.6. The maximum absolute atomic E-state index is 4.37. The van der Waals surface area contributed by atoms with Crippen molar-refractivity contribution in [1.29, 1.82) is 0 Å². The summed E-state index contributed by atoms with van der Waals surface area (Å²) >= 11 is 0. The van der Waals surface area contributed by atoms with Crippen LogP contribution in [-0.4, -0.2) is 26.3 Å². The van der Waals surface area contributed by atoms with Crippen LogP contribution in [0.1, 0.15) is 31.1 Å². The Bertz CT molecular complexity index is 465. The Morgan fingerprint density at radius 3 is 2.78 bits per heavy atom. The fourth-order valence-corrected chi connectivity index (χ4v) is 1.94. The molecule has 18 heavy (non-hydrogen) atoms. The molecule has 0 bridgehead atoms. The third-order valence-electron chi connectivity index (χ3n) is 2.84. The van der Waals surface area contributed by atoms with E-state index in [4.69, 9.17) is 0 Å². The molecule has 5 heteroatoms. The van der Waals surface area contributed by atoms with Crippen LogP contribution < -0.4 is 5.32 Å². The predicted octanol–water partition coefficient (Wildman–Crippen LogP) is 1.59. The van der Waals surface area contributed by atoms with Gasteiger partial charge in [0.1, 0.15) is 0 Å². The number of hydrogen-bond donors (Lipinski definition) is 1. The van der Waals surface area contributed by atoms with Crippen LogP contribution in [0.5, 0.6) is 0 Å². The summed E-state index contributed by atoms with van der Waals surface area (Å²) in [4.78, 5) is 8.50. The molecule has 96 valence electrons. The average Bonchev–Trinajstić information content (AvgIpc) is 2.87. The summed E-state index contributed by atoms with van der Waals surface area (Å²) in [5.74, 6) is 0. The van der Waals surface area contributed by atoms with Gasteiger partial charge in [-0.25, -0.2) is 0 Å². The number of nitrogens with one attached hydrogen (secondary N) is 1. The van der Waals surface area contributed by atoms with Gasteiger partial charge >= 0.3 is 0 Å². The topological polar surface area (TPSA) is 55.6 Å². The van der Waals surface area contributed by atoms with Crippen molar-refractivity contribution in [3.8, 4) is 0 Å². The second-order valence-electron chi connectivity index (χ2n) is 4.15. The van der Waals surface area contributed by atoms with E-state index in [1.165, 1.54) is 5.56 Å². The summed E-state index contributed by atoms with van der Waals surface area (Å²) in [6.45, 7) is 5.99. The largest absolute Gasteiger partial charge is 0.309 e. The third kappa shape index (κ3) is 3.13. The van der Waals surface area contributed by atoms with Gasteiger partial charge in [0.15, 0.2) is 0 Å². The number of aromatic nitrogens is 4. The van der Waals surface area contributed by atoms with Gasteiger partial charge in [-0.15, -0.1) is 0 Å². The van der Waals surface area contributed by atoms with Gasteiger partial charge in [-0.2, -0.15) is 5.10 Å². The van der Waals surface area contributed by atoms with Gasteiger partial charge in [0, 0.05) is 31.3 Å². The molecule has 0 amide bonds. The van der Waals surface area contributed by atoms with Crippen LogP contribution in [0.25, 0.3) is 0 Å². The molecule has 0 aromatic carbocycles. The zero-order chi connectivity index (χ0) is 12.8. The molecule has 0 radical (unpaired) electrons. The van der Waals surface area contributed by atoms with Gasteiger partial charge in [-0.05, 0) is 25.5 Å². The average molecular weight is 245 g/mol. The molecule has 0 spiro atoms. The predicted molar refractivity (Wildman–Crippen MR) is 70.1 cm³/mol. The molecule has 2 rings (SSSR count). The Balaban J connectivity index is 2.11. The Kier molecular flexibility index (Phi) is 4.41. The maximum atomic E-state index is 4.37. The molecule has 2 aromatic heterocycles. The Hall–Kier alpha value is -1.75. The fraction of sp³-hybridized carbons (Fsp3) is 0.462. The minimum absolute atomic E-state index is 0.193. The monoisotopic (exact) mass is 245 g/mol. The van der Waals surface area contributed by atoms with E-state index in [2.05, 4.69) is 40.4 Å². The molecule has 0 aliphatic heterocycles. The first-order chi connectivity index (χ1) is 8.83. The molecule has 1 unspecified atom stereocenters. The van der Waals surface area contributed by atoms with Crippen LogP contribution in [0.15, 0.2) is 31.0 Å². The molecule has 2 heterocycles. The quantitative estimate of drug-likeness (QED) is 0.839. The third-order valence-corrected chi connectivity index (χ3v) is 2.84. The standard InChI is InChI=1S/C13H19N5/c1-3-15-12(13-9-14-5-6-16-13)7-11-8-17-18(4-2)10-11/h5-6,8-10,12,15H,3-4,7H2,1-2H3. The SMILES string of the molecule is CCNC(Cc1cnn(CC)c1)c1cnccn1. The Morgan fingerprint density at radius 2 is 2.17 bits per heavy atom. The maximum Gasteiger partial charge on any atom is 0.0759 e. The summed E-state index contributed by atoms with van der Waals surface area (Å²) in [6, 6.07) is 0.193. The van der Waals surface area contributed by atoms with Gasteiger partial charge in [0.2, 0.25) is 0 Å². The number of nitrogens with zero attached hydrogens (tertiary/aromatic N) is 4. The molecule has 0 fully saturated rings. The van der Waals surface area contributed by atoms with Crippen molar-refractivity contribution in [3.05, 3.63) is 42.2 Å². The van der Waals surface area contributed by atoms with Gasteiger partial charge in [0.05, 0.1) is 17.9 Å². The minimum Gasteiger partial charge on any atom is -0.309 e. The van der Waals surface area contributed by atoms with Crippen molar-refractivity contribution in [3.63, 3.8) is 0 Å². The van der Waals surface area contributed by atoms with Crippen molar-refractivity contribution >= 4 is 0 Å². The fourth-order valence-electron chi connectivity index (χ4n) is 1.94. The summed E-state index contributed by atoms with van der Waals surface area (Å²) in [5, 5.41) is 7.73. The second-order valence-corrected chi connectivity index (χ2v) is 4.15. The Labute approximate surface area is 107 Å². The summed E-state index contributed by atoms with van der Waals surface area (Å²) < 4.78 is 1.94. The summed E-state index contributed by atoms with van der Waals surface area (Å²) in [5.41, 5.74) is 2.19. The summed E-state index contributed by atoms with van der Waals surface area (Å²) in [7, 11) is 0. The van der Waals surface area contributed by atoms with E-state index < -0.39 is 0 Å². The van der Waals surface area contributed by atoms with E-state index in [0.717, 1.165) is 25.2 Å². The van der Waals surface area contributed by atoms with Crippen LogP contribution in [0.3, 0.4) is 0 Å². The molecule has 0 saturated carbocycles. The first-order valence-corrected chi connectivity index (χ1v) is 6.34. The van der Waals surface area contributed by atoms with E-state index in [-0.39, 0.29) is 6.04 Å². The minimum atomic E-state index is 0.193. The lowest BCUT2D eigenvalue weighted by molar-refractivity contribution is 0.534. The van der Waals surface area contributed by atoms with Gasteiger partial charge < -0.3 is 5.32 Å². The van der Waals surface area contributed by atoms with Gasteiger partial charge in [-0.1, -0.05) is 6.92 Å². The van der Waals surface area contributed by atoms with Crippen LogP contribution in [0, 0.1) is 0 Å². The molecule has 0 saturated heterocycles. The smallest absolute Gasteiger partial charge is 0.0759 e. The van der Waals surface area contributed by atoms with E-state index in [1.807, 2.05) is 17.1 Å². The van der Waals surface area contributed by atoms with Gasteiger partial charge in [-0.3, -0.25) is 14.6 Å². The van der Waals surface area contributed by atoms with E-state index in [0.29, 0.717) is 0 Å². The van der Waals surface area contributed by atoms with E-state index >= 15 is 0 Å². The number of likely N-dealkylation sites (N-methyl/N-ethyl adjacent to an activating group) is 1. The molecule has 0 aliphatic rings. The first kappa shape index (κ1) is 12.7. The number of aryl methyl sites for hydroxylation is 1. The van der Waals surface area contributed by atoms with Crippen LogP contribution in [-0.2, 0) is 13.0 Å². The van der Waals surface area contributed by atoms with Crippen LogP contribution >= 0.6 is 0 Å². The lowest BCUT2D eigenvalue weighted by Gasteiger charge is -2.15. The van der Waals surface area contributed by atoms with Crippen LogP contribution in [0.4, 0.5) is 0 Å². The van der Waals surface area contributed by atoms with Crippen molar-refractivity contribution in [2.45, 2.75) is 32.9 Å². The van der Waals surface area contributed by atoms with Crippen molar-refractivity contribution < 1.29 is 0 Å². The summed E-state index contributed by atoms with van der Waals surface area (Å²) in [6.07, 6.45) is 10.1. The second kappa shape index (κ2) is 6.26. The van der Waals surface area contributed by atoms with Crippen molar-refractivity contribution in [2.24, 2.45) is 0 Å². The van der Waals surface area contributed by atoms with Crippen molar-refractivity contribution in [2.75, 3.05) is 6.54 Å². The molecular formula is C13H19N5. The lowest BCUT2D eigenvalue weighted by Crippen LogP contribution is -2.23. The molecule has 0 aliphatic carbocycles. The molecule has 2 aromatic rings. The molecule has 1 atom stereocenters. The van der Waals surface area contributed by atoms with Gasteiger partial charge in [0.25, 0.3) is 0 Å². The highest BCUT2D eigenvalue weighted by molar-refractivity contribution is 5.12. The van der Waals surface area contributed by atoms with E-state index in [9.17, 15) is 0 Å². The number of rotatable bonds is 6. The molecule has 5 nitrogen and oxygen atoms in total.